The molecule has 0 atom stereocenters. The molecule has 0 saturated heterocycles. The van der Waals surface area contributed by atoms with Gasteiger partial charge in [-0.3, -0.25) is 0 Å². The quantitative estimate of drug-likeness (QED) is 0.222. The molecule has 0 aliphatic carbocycles. The average Bonchev–Trinajstić information content (AvgIpc) is 3.11. The molecule has 3 aromatic carbocycles. The van der Waals surface area contributed by atoms with Gasteiger partial charge in [-0.1, -0.05) is 53.5 Å². The minimum absolute atomic E-state index is 0.593. The van der Waals surface area contributed by atoms with Gasteiger partial charge in [0.1, 0.15) is 0 Å². The third kappa shape index (κ3) is 4.74. The van der Waals surface area contributed by atoms with E-state index < -0.39 is 0 Å². The molecule has 0 aliphatic heterocycles. The Morgan fingerprint density at radius 2 is 1.77 bits per heavy atom. The molecular formula is C25H18Cl2N2S. The van der Waals surface area contributed by atoms with Crippen molar-refractivity contribution in [3.63, 3.8) is 0 Å². The Labute approximate surface area is 190 Å². The molecule has 5 heteroatoms. The van der Waals surface area contributed by atoms with E-state index in [4.69, 9.17) is 23.2 Å². The number of fused-ring (bicyclic) bond motifs is 1. The molecule has 0 N–H and O–H groups in total. The smallest absolute Gasteiger partial charge is 0.0998 e. The first-order valence-electron chi connectivity index (χ1n) is 9.48. The first kappa shape index (κ1) is 20.6. The first-order valence-corrected chi connectivity index (χ1v) is 11.2. The Morgan fingerprint density at radius 1 is 0.967 bits per heavy atom. The number of nitriles is 1. The van der Waals surface area contributed by atoms with Gasteiger partial charge in [0.15, 0.2) is 0 Å². The second kappa shape index (κ2) is 9.45. The fraction of sp³-hybridized carbons (Fsp3) is 0.0800. The van der Waals surface area contributed by atoms with Crippen LogP contribution >= 0.6 is 35.0 Å². The Morgan fingerprint density at radius 3 is 2.53 bits per heavy atom. The molecule has 0 radical (unpaired) electrons. The Bertz CT molecular complexity index is 1250. The number of thioether (sulfide) groups is 1. The van der Waals surface area contributed by atoms with Gasteiger partial charge in [-0.15, -0.1) is 11.8 Å². The lowest BCUT2D eigenvalue weighted by molar-refractivity contribution is 0.807. The zero-order valence-corrected chi connectivity index (χ0v) is 18.4. The van der Waals surface area contributed by atoms with Gasteiger partial charge in [-0.2, -0.15) is 5.26 Å². The highest BCUT2D eigenvalue weighted by Crippen LogP contribution is 2.28. The van der Waals surface area contributed by atoms with Gasteiger partial charge in [-0.25, -0.2) is 0 Å². The molecule has 0 unspecified atom stereocenters. The number of allylic oxidation sites excluding steroid dienone is 1. The summed E-state index contributed by atoms with van der Waals surface area (Å²) in [6, 6.07) is 25.9. The standard InChI is InChI=1S/C25H18Cl2N2S/c26-21-8-10-23(11-9-21)30-13-12-29-17-20(24-6-1-2-7-25(24)29)14-19(16-28)18-4-3-5-22(27)15-18/h1-11,14-15,17H,12-13H2/b19-14-. The maximum Gasteiger partial charge on any atom is 0.0998 e. The SMILES string of the molecule is N#C/C(=C/c1cn(CCSc2ccc(Cl)cc2)c2ccccc12)c1cccc(Cl)c1. The highest BCUT2D eigenvalue weighted by atomic mass is 35.5. The number of aromatic nitrogens is 1. The van der Waals surface area contributed by atoms with Crippen molar-refractivity contribution in [2.75, 3.05) is 5.75 Å². The molecule has 2 nitrogen and oxygen atoms in total. The second-order valence-corrected chi connectivity index (χ2v) is 8.82. The topological polar surface area (TPSA) is 28.7 Å². The Balaban J connectivity index is 1.62. The fourth-order valence-electron chi connectivity index (χ4n) is 3.36. The largest absolute Gasteiger partial charge is 0.346 e. The molecule has 1 aromatic heterocycles. The summed E-state index contributed by atoms with van der Waals surface area (Å²) in [5.41, 5.74) is 3.60. The van der Waals surface area contributed by atoms with Crippen LogP contribution < -0.4 is 0 Å². The summed E-state index contributed by atoms with van der Waals surface area (Å²) >= 11 is 13.9. The Kier molecular flexibility index (Phi) is 6.50. The van der Waals surface area contributed by atoms with Gasteiger partial charge >= 0.3 is 0 Å². The summed E-state index contributed by atoms with van der Waals surface area (Å²) in [6.07, 6.45) is 4.06. The summed E-state index contributed by atoms with van der Waals surface area (Å²) in [7, 11) is 0. The third-order valence-corrected chi connectivity index (χ3v) is 6.27. The number of hydrogen-bond donors (Lipinski definition) is 0. The van der Waals surface area contributed by atoms with Crippen molar-refractivity contribution in [3.05, 3.63) is 100 Å². The predicted octanol–water partition coefficient (Wildman–Crippen LogP) is 7.80. The lowest BCUT2D eigenvalue weighted by Gasteiger charge is -2.05. The first-order chi connectivity index (χ1) is 14.6. The van der Waals surface area contributed by atoms with Crippen LogP contribution in [0.1, 0.15) is 11.1 Å². The van der Waals surface area contributed by atoms with Gasteiger partial charge < -0.3 is 4.57 Å². The van der Waals surface area contributed by atoms with E-state index in [1.165, 1.54) is 4.90 Å². The molecule has 0 spiro atoms. The van der Waals surface area contributed by atoms with E-state index >= 15 is 0 Å². The van der Waals surface area contributed by atoms with E-state index in [1.807, 2.05) is 66.7 Å². The number of benzene rings is 3. The zero-order valence-electron chi connectivity index (χ0n) is 16.1. The van der Waals surface area contributed by atoms with E-state index in [1.54, 1.807) is 11.8 Å². The van der Waals surface area contributed by atoms with Crippen molar-refractivity contribution < 1.29 is 0 Å². The van der Waals surface area contributed by atoms with E-state index in [-0.39, 0.29) is 0 Å². The third-order valence-electron chi connectivity index (χ3n) is 4.79. The van der Waals surface area contributed by atoms with Gasteiger partial charge in [0.2, 0.25) is 0 Å². The van der Waals surface area contributed by atoms with Gasteiger partial charge in [0.25, 0.3) is 0 Å². The Hall–Kier alpha value is -2.64. The summed E-state index contributed by atoms with van der Waals surface area (Å²) in [4.78, 5) is 1.20. The van der Waals surface area contributed by atoms with E-state index in [9.17, 15) is 5.26 Å². The molecule has 0 bridgehead atoms. The van der Waals surface area contributed by atoms with Crippen molar-refractivity contribution >= 4 is 57.5 Å². The van der Waals surface area contributed by atoms with Gasteiger partial charge in [0.05, 0.1) is 11.6 Å². The predicted molar refractivity (Wildman–Crippen MR) is 129 cm³/mol. The number of nitrogens with zero attached hydrogens (tertiary/aromatic N) is 2. The summed E-state index contributed by atoms with van der Waals surface area (Å²) < 4.78 is 2.25. The number of aryl methyl sites for hydroxylation is 1. The lowest BCUT2D eigenvalue weighted by Crippen LogP contribution is -1.98. The van der Waals surface area contributed by atoms with E-state index in [2.05, 4.69) is 29.0 Å². The monoisotopic (exact) mass is 448 g/mol. The molecular weight excluding hydrogens is 431 g/mol. The number of para-hydroxylation sites is 1. The normalized spacial score (nSPS) is 11.6. The second-order valence-electron chi connectivity index (χ2n) is 6.78. The summed E-state index contributed by atoms with van der Waals surface area (Å²) in [5.74, 6) is 0.933. The van der Waals surface area contributed by atoms with E-state index in [0.717, 1.165) is 39.4 Å². The number of hydrogen-bond acceptors (Lipinski definition) is 2. The van der Waals surface area contributed by atoms with Crippen LogP contribution in [-0.4, -0.2) is 10.3 Å². The zero-order chi connectivity index (χ0) is 20.9. The molecule has 0 fully saturated rings. The van der Waals surface area contributed by atoms with Crippen molar-refractivity contribution in [2.24, 2.45) is 0 Å². The van der Waals surface area contributed by atoms with E-state index in [0.29, 0.717) is 10.6 Å². The van der Waals surface area contributed by atoms with Crippen LogP contribution in [0.3, 0.4) is 0 Å². The highest BCUT2D eigenvalue weighted by Gasteiger charge is 2.09. The van der Waals surface area contributed by atoms with Gasteiger partial charge in [-0.05, 0) is 54.1 Å². The molecule has 4 rings (SSSR count). The molecule has 0 saturated carbocycles. The van der Waals surface area contributed by atoms with Crippen LogP contribution in [-0.2, 0) is 6.54 Å². The van der Waals surface area contributed by atoms with Crippen molar-refractivity contribution in [1.29, 1.82) is 5.26 Å². The molecule has 1 heterocycles. The van der Waals surface area contributed by atoms with Crippen LogP contribution in [0.15, 0.2) is 83.9 Å². The van der Waals surface area contributed by atoms with Gasteiger partial charge in [0, 0.05) is 49.9 Å². The van der Waals surface area contributed by atoms with Crippen molar-refractivity contribution in [3.8, 4) is 6.07 Å². The number of halogens is 2. The average molecular weight is 449 g/mol. The van der Waals surface area contributed by atoms with Crippen LogP contribution in [0.5, 0.6) is 0 Å². The minimum Gasteiger partial charge on any atom is -0.346 e. The molecule has 148 valence electrons. The number of rotatable bonds is 6. The molecule has 0 aliphatic rings. The fourth-order valence-corrected chi connectivity index (χ4v) is 4.53. The summed E-state index contributed by atoms with van der Waals surface area (Å²) in [5, 5.41) is 12.2. The van der Waals surface area contributed by atoms with Crippen LogP contribution in [0, 0.1) is 11.3 Å². The van der Waals surface area contributed by atoms with Crippen molar-refractivity contribution in [2.45, 2.75) is 11.4 Å². The maximum atomic E-state index is 9.72. The molecule has 4 aromatic rings. The van der Waals surface area contributed by atoms with Crippen molar-refractivity contribution in [1.82, 2.24) is 4.57 Å². The highest BCUT2D eigenvalue weighted by molar-refractivity contribution is 7.99. The molecule has 30 heavy (non-hydrogen) atoms. The van der Waals surface area contributed by atoms with Crippen LogP contribution in [0.2, 0.25) is 10.0 Å². The van der Waals surface area contributed by atoms with Crippen LogP contribution in [0.4, 0.5) is 0 Å². The lowest BCUT2D eigenvalue weighted by atomic mass is 10.0. The summed E-state index contributed by atoms with van der Waals surface area (Å²) in [6.45, 7) is 0.862. The minimum atomic E-state index is 0.593. The maximum absolute atomic E-state index is 9.72. The molecule has 0 amide bonds. The van der Waals surface area contributed by atoms with Crippen LogP contribution in [0.25, 0.3) is 22.6 Å².